The van der Waals surface area contributed by atoms with Gasteiger partial charge in [-0.3, -0.25) is 9.59 Å². The maximum atomic E-state index is 13.8. The molecule has 0 aromatic heterocycles. The molecule has 5 rings (SSSR count). The number of nitrogens with zero attached hydrogens (tertiary/aromatic N) is 2. The first-order valence-corrected chi connectivity index (χ1v) is 12.4. The molecule has 2 aliphatic rings. The number of halogens is 1. The third-order valence-corrected chi connectivity index (χ3v) is 7.85. The molecule has 2 fully saturated rings. The van der Waals surface area contributed by atoms with E-state index in [1.165, 1.54) is 6.07 Å². The molecule has 3 aromatic carbocycles. The quantitative estimate of drug-likeness (QED) is 0.524. The maximum Gasteiger partial charge on any atom is 0.234 e. The molecule has 2 saturated heterocycles. The van der Waals surface area contributed by atoms with Crippen LogP contribution in [-0.2, 0) is 16.0 Å². The van der Waals surface area contributed by atoms with E-state index in [9.17, 15) is 14.0 Å². The van der Waals surface area contributed by atoms with Crippen LogP contribution in [0.15, 0.2) is 84.9 Å². The second-order valence-corrected chi connectivity index (χ2v) is 9.97. The predicted octanol–water partition coefficient (Wildman–Crippen LogP) is 5.04. The van der Waals surface area contributed by atoms with Crippen LogP contribution in [0, 0.1) is 11.2 Å². The largest absolute Gasteiger partial charge is 0.342 e. The van der Waals surface area contributed by atoms with Crippen LogP contribution in [0.3, 0.4) is 0 Å². The summed E-state index contributed by atoms with van der Waals surface area (Å²) in [5.74, 6) is -0.349. The van der Waals surface area contributed by atoms with E-state index < -0.39 is 5.41 Å². The molecule has 0 saturated carbocycles. The highest BCUT2D eigenvalue weighted by atomic mass is 19.1. The molecule has 2 aliphatic heterocycles. The Kier molecular flexibility index (Phi) is 6.42. The van der Waals surface area contributed by atoms with E-state index in [0.29, 0.717) is 32.4 Å². The topological polar surface area (TPSA) is 40.6 Å². The molecular formula is C30H31FN2O2. The van der Waals surface area contributed by atoms with Crippen molar-refractivity contribution >= 4 is 11.8 Å². The number of carbonyl (C=O) groups excluding carboxylic acids is 2. The zero-order valence-electron chi connectivity index (χ0n) is 20.1. The molecule has 35 heavy (non-hydrogen) atoms. The average Bonchev–Trinajstić information content (AvgIpc) is 3.10. The van der Waals surface area contributed by atoms with Gasteiger partial charge in [-0.25, -0.2) is 4.39 Å². The first-order valence-electron chi connectivity index (χ1n) is 12.4. The predicted molar refractivity (Wildman–Crippen MR) is 134 cm³/mol. The van der Waals surface area contributed by atoms with Gasteiger partial charge < -0.3 is 9.80 Å². The summed E-state index contributed by atoms with van der Waals surface area (Å²) in [6.07, 6.45) is 2.73. The van der Waals surface area contributed by atoms with Crippen LogP contribution in [0.1, 0.15) is 41.9 Å². The van der Waals surface area contributed by atoms with Gasteiger partial charge in [0.05, 0.1) is 11.3 Å². The molecule has 0 radical (unpaired) electrons. The van der Waals surface area contributed by atoms with Crippen LogP contribution in [0.5, 0.6) is 0 Å². The Labute approximate surface area is 206 Å². The van der Waals surface area contributed by atoms with Crippen molar-refractivity contribution in [3.05, 3.63) is 107 Å². The summed E-state index contributed by atoms with van der Waals surface area (Å²) in [4.78, 5) is 30.9. The second kappa shape index (κ2) is 9.65. The number of benzene rings is 3. The molecule has 180 valence electrons. The monoisotopic (exact) mass is 470 g/mol. The fourth-order valence-electron chi connectivity index (χ4n) is 5.88. The van der Waals surface area contributed by atoms with Crippen LogP contribution in [-0.4, -0.2) is 47.8 Å². The third-order valence-electron chi connectivity index (χ3n) is 7.85. The lowest BCUT2D eigenvalue weighted by molar-refractivity contribution is -0.142. The highest BCUT2D eigenvalue weighted by molar-refractivity contribution is 5.89. The standard InChI is InChI=1S/C30H31FN2O2/c1-32-26(20-22-9-8-14-25(31)19-22)21-30(29(32)35)15-17-33(18-16-30)28(34)27(23-10-4-2-5-11-23)24-12-6-3-7-13-24/h2-14,19,26-27H,15-18,20-21H2,1H3/t26-/m0/s1. The second-order valence-electron chi connectivity index (χ2n) is 9.97. The Morgan fingerprint density at radius 3 is 2.11 bits per heavy atom. The van der Waals surface area contributed by atoms with Gasteiger partial charge in [0.15, 0.2) is 0 Å². The minimum absolute atomic E-state index is 0.0490. The maximum absolute atomic E-state index is 13.8. The number of carbonyl (C=O) groups is 2. The lowest BCUT2D eigenvalue weighted by atomic mass is 9.75. The number of likely N-dealkylation sites (tertiary alicyclic amines) is 2. The van der Waals surface area contributed by atoms with Crippen LogP contribution < -0.4 is 0 Å². The lowest BCUT2D eigenvalue weighted by Gasteiger charge is -2.39. The van der Waals surface area contributed by atoms with Gasteiger partial charge in [0, 0.05) is 26.2 Å². The van der Waals surface area contributed by atoms with E-state index in [1.54, 1.807) is 12.1 Å². The Morgan fingerprint density at radius 2 is 1.54 bits per heavy atom. The molecule has 1 spiro atoms. The summed E-state index contributed by atoms with van der Waals surface area (Å²) in [6, 6.07) is 26.5. The van der Waals surface area contributed by atoms with E-state index in [4.69, 9.17) is 0 Å². The van der Waals surface area contributed by atoms with Crippen LogP contribution in [0.4, 0.5) is 4.39 Å². The fraction of sp³-hybridized carbons (Fsp3) is 0.333. The van der Waals surface area contributed by atoms with Crippen LogP contribution in [0.25, 0.3) is 0 Å². The van der Waals surface area contributed by atoms with Gasteiger partial charge in [-0.15, -0.1) is 0 Å². The van der Waals surface area contributed by atoms with Gasteiger partial charge in [0.1, 0.15) is 5.82 Å². The van der Waals surface area contributed by atoms with E-state index >= 15 is 0 Å². The minimum atomic E-state index is -0.432. The Bertz CT molecular complexity index is 1150. The van der Waals surface area contributed by atoms with Gasteiger partial charge in [0.25, 0.3) is 0 Å². The molecule has 0 N–H and O–H groups in total. The molecule has 4 nitrogen and oxygen atoms in total. The molecule has 3 aromatic rings. The zero-order chi connectivity index (χ0) is 24.4. The van der Waals surface area contributed by atoms with Gasteiger partial charge in [-0.05, 0) is 54.5 Å². The van der Waals surface area contributed by atoms with E-state index in [1.807, 2.05) is 83.6 Å². The summed E-state index contributed by atoms with van der Waals surface area (Å²) < 4.78 is 13.7. The molecule has 0 aliphatic carbocycles. The zero-order valence-corrected chi connectivity index (χ0v) is 20.1. The van der Waals surface area contributed by atoms with Crippen LogP contribution >= 0.6 is 0 Å². The Balaban J connectivity index is 1.31. The van der Waals surface area contributed by atoms with Gasteiger partial charge in [-0.1, -0.05) is 72.8 Å². The molecular weight excluding hydrogens is 439 g/mol. The smallest absolute Gasteiger partial charge is 0.234 e. The van der Waals surface area contributed by atoms with Crippen molar-refractivity contribution in [3.8, 4) is 0 Å². The Morgan fingerprint density at radius 1 is 0.943 bits per heavy atom. The van der Waals surface area contributed by atoms with Crippen molar-refractivity contribution in [1.29, 1.82) is 0 Å². The van der Waals surface area contributed by atoms with Crippen molar-refractivity contribution in [2.24, 2.45) is 5.41 Å². The summed E-state index contributed by atoms with van der Waals surface area (Å²) in [7, 11) is 1.86. The summed E-state index contributed by atoms with van der Waals surface area (Å²) >= 11 is 0. The summed E-state index contributed by atoms with van der Waals surface area (Å²) in [5.41, 5.74) is 2.44. The third kappa shape index (κ3) is 4.60. The number of likely N-dealkylation sites (N-methyl/N-ethyl adjacent to an activating group) is 1. The summed E-state index contributed by atoms with van der Waals surface area (Å²) in [6.45, 7) is 1.14. The molecule has 5 heteroatoms. The van der Waals surface area contributed by atoms with E-state index in [2.05, 4.69) is 0 Å². The fourth-order valence-corrected chi connectivity index (χ4v) is 5.88. The highest BCUT2D eigenvalue weighted by Gasteiger charge is 2.51. The SMILES string of the molecule is CN1C(=O)C2(CCN(C(=O)C(c3ccccc3)c3ccccc3)CC2)C[C@@H]1Cc1cccc(F)c1. The van der Waals surface area contributed by atoms with Gasteiger partial charge in [-0.2, -0.15) is 0 Å². The van der Waals surface area contributed by atoms with Crippen molar-refractivity contribution in [1.82, 2.24) is 9.80 Å². The minimum Gasteiger partial charge on any atom is -0.342 e. The average molecular weight is 471 g/mol. The number of piperidine rings is 1. The molecule has 2 amide bonds. The first-order chi connectivity index (χ1) is 17.0. The normalized spacial score (nSPS) is 19.5. The molecule has 2 heterocycles. The lowest BCUT2D eigenvalue weighted by Crippen LogP contribution is -2.47. The van der Waals surface area contributed by atoms with Gasteiger partial charge in [0.2, 0.25) is 11.8 Å². The highest BCUT2D eigenvalue weighted by Crippen LogP contribution is 2.45. The van der Waals surface area contributed by atoms with Gasteiger partial charge >= 0.3 is 0 Å². The number of hydrogen-bond donors (Lipinski definition) is 0. The van der Waals surface area contributed by atoms with Crippen molar-refractivity contribution in [2.45, 2.75) is 37.6 Å². The molecule has 0 bridgehead atoms. The van der Waals surface area contributed by atoms with Crippen molar-refractivity contribution in [2.75, 3.05) is 20.1 Å². The Hall–Kier alpha value is -3.47. The molecule has 0 unspecified atom stereocenters. The number of rotatable bonds is 5. The van der Waals surface area contributed by atoms with E-state index in [-0.39, 0.29) is 29.6 Å². The molecule has 1 atom stereocenters. The number of hydrogen-bond acceptors (Lipinski definition) is 2. The first kappa shape index (κ1) is 23.3. The number of amides is 2. The van der Waals surface area contributed by atoms with Crippen LogP contribution in [0.2, 0.25) is 0 Å². The van der Waals surface area contributed by atoms with E-state index in [0.717, 1.165) is 23.1 Å². The summed E-state index contributed by atoms with van der Waals surface area (Å²) in [5, 5.41) is 0. The van der Waals surface area contributed by atoms with Crippen molar-refractivity contribution in [3.63, 3.8) is 0 Å². The van der Waals surface area contributed by atoms with Crippen molar-refractivity contribution < 1.29 is 14.0 Å².